The molecule has 1 aromatic heterocycles. The zero-order valence-corrected chi connectivity index (χ0v) is 14.1. The molecule has 0 aliphatic heterocycles. The molecule has 1 aliphatic carbocycles. The van der Waals surface area contributed by atoms with Crippen molar-refractivity contribution in [3.05, 3.63) is 16.4 Å². The average Bonchev–Trinajstić information content (AvgIpc) is 2.76. The Morgan fingerprint density at radius 3 is 2.57 bits per heavy atom. The van der Waals surface area contributed by atoms with Crippen molar-refractivity contribution in [1.29, 1.82) is 0 Å². The van der Waals surface area contributed by atoms with Gasteiger partial charge in [-0.2, -0.15) is 5.10 Å². The summed E-state index contributed by atoms with van der Waals surface area (Å²) >= 11 is 6.36. The lowest BCUT2D eigenvalue weighted by atomic mass is 9.79. The summed E-state index contributed by atoms with van der Waals surface area (Å²) in [4.78, 5) is 0. The molecule has 4 nitrogen and oxygen atoms in total. The second-order valence-electron chi connectivity index (χ2n) is 5.94. The van der Waals surface area contributed by atoms with E-state index in [-0.39, 0.29) is 0 Å². The molecule has 1 atom stereocenters. The summed E-state index contributed by atoms with van der Waals surface area (Å²) in [6, 6.07) is 0. The van der Waals surface area contributed by atoms with Gasteiger partial charge in [0.05, 0.1) is 28.1 Å². The standard InChI is InChI=1S/C16H27ClN2O2/c1-4-19-13(15(17)12(3)18-19)11-14(20)16(21-5-2)9-7-6-8-10-16/h14,20H,4-11H2,1-3H3. The molecule has 21 heavy (non-hydrogen) atoms. The fourth-order valence-corrected chi connectivity index (χ4v) is 3.66. The van der Waals surface area contributed by atoms with Gasteiger partial charge in [0, 0.05) is 19.6 Å². The minimum Gasteiger partial charge on any atom is -0.390 e. The number of aliphatic hydroxyl groups is 1. The predicted molar refractivity (Wildman–Crippen MR) is 84.8 cm³/mol. The van der Waals surface area contributed by atoms with Gasteiger partial charge in [-0.25, -0.2) is 0 Å². The average molecular weight is 315 g/mol. The first-order valence-corrected chi connectivity index (χ1v) is 8.45. The third-order valence-corrected chi connectivity index (χ3v) is 5.07. The molecule has 0 aromatic carbocycles. The Kier molecular flexibility index (Phi) is 5.69. The van der Waals surface area contributed by atoms with Crippen molar-refractivity contribution < 1.29 is 9.84 Å². The van der Waals surface area contributed by atoms with E-state index in [0.29, 0.717) is 18.1 Å². The summed E-state index contributed by atoms with van der Waals surface area (Å²) in [5, 5.41) is 15.9. The molecular formula is C16H27ClN2O2. The number of aromatic nitrogens is 2. The van der Waals surface area contributed by atoms with Gasteiger partial charge in [0.25, 0.3) is 0 Å². The topological polar surface area (TPSA) is 47.3 Å². The van der Waals surface area contributed by atoms with E-state index in [1.807, 2.05) is 25.5 Å². The van der Waals surface area contributed by atoms with Crippen LogP contribution in [0.4, 0.5) is 0 Å². The van der Waals surface area contributed by atoms with Crippen molar-refractivity contribution in [1.82, 2.24) is 9.78 Å². The fraction of sp³-hybridized carbons (Fsp3) is 0.812. The van der Waals surface area contributed by atoms with Gasteiger partial charge in [0.2, 0.25) is 0 Å². The Morgan fingerprint density at radius 2 is 2.00 bits per heavy atom. The maximum absolute atomic E-state index is 10.8. The number of nitrogens with zero attached hydrogens (tertiary/aromatic N) is 2. The van der Waals surface area contributed by atoms with Gasteiger partial charge in [0.15, 0.2) is 0 Å². The van der Waals surface area contributed by atoms with Crippen molar-refractivity contribution in [2.45, 2.75) is 77.5 Å². The van der Waals surface area contributed by atoms with Crippen LogP contribution in [-0.2, 0) is 17.7 Å². The van der Waals surface area contributed by atoms with Gasteiger partial charge in [-0.15, -0.1) is 0 Å². The second-order valence-corrected chi connectivity index (χ2v) is 6.32. The van der Waals surface area contributed by atoms with Gasteiger partial charge < -0.3 is 9.84 Å². The van der Waals surface area contributed by atoms with E-state index in [1.165, 1.54) is 6.42 Å². The Morgan fingerprint density at radius 1 is 1.33 bits per heavy atom. The number of hydrogen-bond acceptors (Lipinski definition) is 3. The van der Waals surface area contributed by atoms with E-state index >= 15 is 0 Å². The monoisotopic (exact) mass is 314 g/mol. The molecule has 1 fully saturated rings. The van der Waals surface area contributed by atoms with Gasteiger partial charge in [-0.3, -0.25) is 4.68 Å². The van der Waals surface area contributed by atoms with Gasteiger partial charge in [0.1, 0.15) is 0 Å². The summed E-state index contributed by atoms with van der Waals surface area (Å²) in [6.45, 7) is 7.34. The first kappa shape index (κ1) is 16.8. The zero-order chi connectivity index (χ0) is 15.5. The molecule has 0 spiro atoms. The van der Waals surface area contributed by atoms with Crippen molar-refractivity contribution >= 4 is 11.6 Å². The summed E-state index contributed by atoms with van der Waals surface area (Å²) in [6.07, 6.45) is 5.31. The van der Waals surface area contributed by atoms with Gasteiger partial charge in [-0.1, -0.05) is 30.9 Å². The van der Waals surface area contributed by atoms with E-state index in [9.17, 15) is 5.11 Å². The van der Waals surface area contributed by atoms with Crippen LogP contribution in [0.25, 0.3) is 0 Å². The van der Waals surface area contributed by atoms with Crippen LogP contribution in [-0.4, -0.2) is 33.2 Å². The molecule has 0 amide bonds. The molecule has 2 rings (SSSR count). The predicted octanol–water partition coefficient (Wildman–Crippen LogP) is 3.51. The van der Waals surface area contributed by atoms with Crippen molar-refractivity contribution in [2.75, 3.05) is 6.61 Å². The van der Waals surface area contributed by atoms with Crippen LogP contribution in [0.3, 0.4) is 0 Å². The summed E-state index contributed by atoms with van der Waals surface area (Å²) < 4.78 is 7.89. The number of aliphatic hydroxyl groups excluding tert-OH is 1. The molecule has 1 saturated carbocycles. The van der Waals surface area contributed by atoms with Crippen LogP contribution in [0, 0.1) is 6.92 Å². The van der Waals surface area contributed by atoms with Crippen molar-refractivity contribution in [2.24, 2.45) is 0 Å². The molecule has 1 unspecified atom stereocenters. The fourth-order valence-electron chi connectivity index (χ4n) is 3.44. The smallest absolute Gasteiger partial charge is 0.0943 e. The lowest BCUT2D eigenvalue weighted by Gasteiger charge is -2.41. The highest BCUT2D eigenvalue weighted by Gasteiger charge is 2.40. The summed E-state index contributed by atoms with van der Waals surface area (Å²) in [5.74, 6) is 0. The highest BCUT2D eigenvalue weighted by molar-refractivity contribution is 6.31. The zero-order valence-electron chi connectivity index (χ0n) is 13.4. The lowest BCUT2D eigenvalue weighted by molar-refractivity contribution is -0.139. The first-order chi connectivity index (χ1) is 10.0. The molecule has 5 heteroatoms. The van der Waals surface area contributed by atoms with E-state index in [0.717, 1.165) is 43.6 Å². The minimum atomic E-state index is -0.531. The Bertz CT molecular complexity index is 462. The number of aryl methyl sites for hydroxylation is 2. The van der Waals surface area contributed by atoms with Crippen LogP contribution in [0.2, 0.25) is 5.02 Å². The lowest BCUT2D eigenvalue weighted by Crippen LogP contribution is -2.48. The quantitative estimate of drug-likeness (QED) is 0.874. The second kappa shape index (κ2) is 7.12. The third-order valence-electron chi connectivity index (χ3n) is 4.58. The Labute approximate surface area is 132 Å². The third kappa shape index (κ3) is 3.43. The molecule has 1 aliphatic rings. The first-order valence-electron chi connectivity index (χ1n) is 8.08. The van der Waals surface area contributed by atoms with Crippen LogP contribution < -0.4 is 0 Å². The number of ether oxygens (including phenoxy) is 1. The largest absolute Gasteiger partial charge is 0.390 e. The molecule has 1 aromatic rings. The van der Waals surface area contributed by atoms with E-state index in [1.54, 1.807) is 0 Å². The maximum atomic E-state index is 10.8. The van der Waals surface area contributed by atoms with E-state index in [4.69, 9.17) is 16.3 Å². The molecule has 1 N–H and O–H groups in total. The Hall–Kier alpha value is -0.580. The maximum Gasteiger partial charge on any atom is 0.0943 e. The number of halogens is 1. The Balaban J connectivity index is 2.20. The molecule has 120 valence electrons. The molecule has 0 saturated heterocycles. The van der Waals surface area contributed by atoms with Crippen LogP contribution >= 0.6 is 11.6 Å². The molecular weight excluding hydrogens is 288 g/mol. The van der Waals surface area contributed by atoms with Crippen LogP contribution in [0.1, 0.15) is 57.3 Å². The van der Waals surface area contributed by atoms with Crippen molar-refractivity contribution in [3.63, 3.8) is 0 Å². The van der Waals surface area contributed by atoms with Crippen LogP contribution in [0.5, 0.6) is 0 Å². The van der Waals surface area contributed by atoms with E-state index in [2.05, 4.69) is 5.10 Å². The molecule has 0 bridgehead atoms. The SMILES string of the molecule is CCOC1(C(O)Cc2c(Cl)c(C)nn2CC)CCCCC1. The van der Waals surface area contributed by atoms with Gasteiger partial charge >= 0.3 is 0 Å². The highest BCUT2D eigenvalue weighted by Crippen LogP contribution is 2.36. The summed E-state index contributed by atoms with van der Waals surface area (Å²) in [7, 11) is 0. The normalized spacial score (nSPS) is 19.7. The minimum absolute atomic E-state index is 0.410. The highest BCUT2D eigenvalue weighted by atomic mass is 35.5. The molecule has 0 radical (unpaired) electrons. The summed E-state index contributed by atoms with van der Waals surface area (Å²) in [5.41, 5.74) is 1.34. The molecule has 1 heterocycles. The number of hydrogen-bond donors (Lipinski definition) is 1. The van der Waals surface area contributed by atoms with E-state index < -0.39 is 11.7 Å². The van der Waals surface area contributed by atoms with Crippen LogP contribution in [0.15, 0.2) is 0 Å². The van der Waals surface area contributed by atoms with Crippen molar-refractivity contribution in [3.8, 4) is 0 Å². The van der Waals surface area contributed by atoms with Gasteiger partial charge in [-0.05, 0) is 33.6 Å². The number of rotatable bonds is 6.